The number of rotatable bonds is 3. The molecule has 1 fully saturated rings. The van der Waals surface area contributed by atoms with Crippen LogP contribution in [-0.2, 0) is 0 Å². The number of carboxylic acid groups (broad SMARTS) is 1. The Hall–Kier alpha value is -2.49. The molecule has 2 atom stereocenters. The van der Waals surface area contributed by atoms with Gasteiger partial charge in [-0.15, -0.1) is 11.3 Å². The van der Waals surface area contributed by atoms with Crippen molar-refractivity contribution in [3.8, 4) is 0 Å². The Morgan fingerprint density at radius 3 is 2.81 bits per heavy atom. The number of amides is 1. The Kier molecular flexibility index (Phi) is 4.14. The van der Waals surface area contributed by atoms with Gasteiger partial charge in [0.2, 0.25) is 0 Å². The average molecular weight is 392 g/mol. The van der Waals surface area contributed by atoms with E-state index < -0.39 is 5.97 Å². The van der Waals surface area contributed by atoms with Crippen LogP contribution >= 0.6 is 22.9 Å². The number of nitrogens with two attached hydrogens (primary N) is 1. The highest BCUT2D eigenvalue weighted by molar-refractivity contribution is 7.09. The third-order valence-corrected chi connectivity index (χ3v) is 5.42. The molecule has 26 heavy (non-hydrogen) atoms. The largest absolute Gasteiger partial charge is 0.476 e. The van der Waals surface area contributed by atoms with Crippen molar-refractivity contribution in [3.05, 3.63) is 51.3 Å². The molecule has 4 rings (SSSR count). The molecule has 8 nitrogen and oxygen atoms in total. The first-order chi connectivity index (χ1) is 12.4. The average Bonchev–Trinajstić information content (AvgIpc) is 3.30. The number of carbonyl (C=O) groups is 2. The number of imidazole rings is 1. The van der Waals surface area contributed by atoms with E-state index in [4.69, 9.17) is 22.4 Å². The number of likely N-dealkylation sites (tertiary alicyclic amines) is 1. The summed E-state index contributed by atoms with van der Waals surface area (Å²) in [7, 11) is 0. The van der Waals surface area contributed by atoms with Gasteiger partial charge in [0.1, 0.15) is 16.3 Å². The number of carboxylic acids is 1. The van der Waals surface area contributed by atoms with Crippen LogP contribution in [0.1, 0.15) is 38.4 Å². The molecule has 0 saturated carbocycles. The number of fused-ring (bicyclic) bond motifs is 1. The number of carbonyl (C=O) groups excluding carboxylic acids is 1. The molecule has 1 amide bonds. The molecule has 3 N–H and O–H groups in total. The molecule has 0 aliphatic carbocycles. The number of aromatic carboxylic acids is 1. The van der Waals surface area contributed by atoms with Crippen molar-refractivity contribution in [2.24, 2.45) is 5.73 Å². The van der Waals surface area contributed by atoms with E-state index in [1.165, 1.54) is 16.7 Å². The minimum Gasteiger partial charge on any atom is -0.476 e. The fourth-order valence-corrected chi connectivity index (χ4v) is 4.17. The summed E-state index contributed by atoms with van der Waals surface area (Å²) < 4.78 is 1.69. The lowest BCUT2D eigenvalue weighted by molar-refractivity contribution is 0.0691. The lowest BCUT2D eigenvalue weighted by atomic mass is 10.2. The van der Waals surface area contributed by atoms with Gasteiger partial charge in [-0.3, -0.25) is 4.79 Å². The van der Waals surface area contributed by atoms with E-state index >= 15 is 0 Å². The van der Waals surface area contributed by atoms with Crippen LogP contribution in [0.5, 0.6) is 0 Å². The number of nitrogens with zero attached hydrogens (tertiary/aromatic N) is 4. The first-order valence-electron chi connectivity index (χ1n) is 7.82. The molecular weight excluding hydrogens is 378 g/mol. The minimum absolute atomic E-state index is 0.0276. The Balaban J connectivity index is 1.66. The van der Waals surface area contributed by atoms with Gasteiger partial charge >= 0.3 is 5.97 Å². The van der Waals surface area contributed by atoms with Crippen LogP contribution in [0.15, 0.2) is 29.9 Å². The van der Waals surface area contributed by atoms with Crippen LogP contribution in [0.25, 0.3) is 5.65 Å². The summed E-state index contributed by atoms with van der Waals surface area (Å²) in [5.74, 6) is -1.36. The number of thiazole rings is 1. The Morgan fingerprint density at radius 1 is 1.27 bits per heavy atom. The van der Waals surface area contributed by atoms with Crippen LogP contribution in [0.3, 0.4) is 0 Å². The van der Waals surface area contributed by atoms with Crippen molar-refractivity contribution < 1.29 is 14.7 Å². The molecule has 0 radical (unpaired) electrons. The summed E-state index contributed by atoms with van der Waals surface area (Å²) in [5, 5.41) is 11.6. The van der Waals surface area contributed by atoms with Crippen molar-refractivity contribution >= 4 is 40.5 Å². The lowest BCUT2D eigenvalue weighted by Crippen LogP contribution is -2.33. The van der Waals surface area contributed by atoms with Crippen molar-refractivity contribution in [1.29, 1.82) is 0 Å². The van der Waals surface area contributed by atoms with Crippen LogP contribution in [0, 0.1) is 0 Å². The number of hydrogen-bond donors (Lipinski definition) is 2. The van der Waals surface area contributed by atoms with Gasteiger partial charge in [0.25, 0.3) is 5.91 Å². The second-order valence-electron chi connectivity index (χ2n) is 6.08. The molecule has 134 valence electrons. The second-order valence-corrected chi connectivity index (χ2v) is 7.41. The quantitative estimate of drug-likeness (QED) is 0.706. The molecule has 0 unspecified atom stereocenters. The Morgan fingerprint density at radius 2 is 2.08 bits per heavy atom. The zero-order chi connectivity index (χ0) is 18.4. The molecule has 3 aromatic rings. The van der Waals surface area contributed by atoms with E-state index in [1.54, 1.807) is 33.8 Å². The van der Waals surface area contributed by atoms with Crippen molar-refractivity contribution in [3.63, 3.8) is 0 Å². The normalized spacial score (nSPS) is 20.0. The highest BCUT2D eigenvalue weighted by atomic mass is 35.5. The fraction of sp³-hybridized carbons (Fsp3) is 0.250. The van der Waals surface area contributed by atoms with Gasteiger partial charge in [-0.2, -0.15) is 0 Å². The third-order valence-electron chi connectivity index (χ3n) is 4.25. The maximum Gasteiger partial charge on any atom is 0.355 e. The number of aromatic nitrogens is 3. The summed E-state index contributed by atoms with van der Waals surface area (Å²) in [5.41, 5.74) is 6.92. The molecule has 0 spiro atoms. The van der Waals surface area contributed by atoms with Gasteiger partial charge in [0.05, 0.1) is 11.1 Å². The van der Waals surface area contributed by atoms with Gasteiger partial charge < -0.3 is 20.1 Å². The third kappa shape index (κ3) is 2.94. The smallest absolute Gasteiger partial charge is 0.355 e. The molecule has 4 heterocycles. The van der Waals surface area contributed by atoms with Crippen molar-refractivity contribution in [2.45, 2.75) is 18.5 Å². The monoisotopic (exact) mass is 391 g/mol. The van der Waals surface area contributed by atoms with E-state index in [0.29, 0.717) is 28.6 Å². The first-order valence-corrected chi connectivity index (χ1v) is 9.07. The summed E-state index contributed by atoms with van der Waals surface area (Å²) in [6.07, 6.45) is 3.82. The molecule has 0 bridgehead atoms. The summed E-state index contributed by atoms with van der Waals surface area (Å²) >= 11 is 7.19. The van der Waals surface area contributed by atoms with E-state index in [0.717, 1.165) is 0 Å². The summed E-state index contributed by atoms with van der Waals surface area (Å²) in [4.78, 5) is 34.2. The van der Waals surface area contributed by atoms with Crippen LogP contribution in [0.2, 0.25) is 5.02 Å². The number of pyridine rings is 1. The van der Waals surface area contributed by atoms with Crippen LogP contribution in [0.4, 0.5) is 0 Å². The van der Waals surface area contributed by atoms with E-state index in [1.807, 2.05) is 0 Å². The predicted octanol–water partition coefficient (Wildman–Crippen LogP) is 2.06. The van der Waals surface area contributed by atoms with Crippen molar-refractivity contribution in [2.75, 3.05) is 6.54 Å². The maximum atomic E-state index is 13.0. The molecular formula is C16H14ClN5O3S. The highest BCUT2D eigenvalue weighted by Gasteiger charge is 2.37. The van der Waals surface area contributed by atoms with Gasteiger partial charge in [0, 0.05) is 30.4 Å². The molecule has 1 aliphatic heterocycles. The number of halogens is 1. The SMILES string of the molecule is N[C@@H]1C[C@@H](c2nc(C(=O)O)cs2)N(C(=O)c2cn3cc(Cl)ccc3n2)C1. The van der Waals surface area contributed by atoms with Gasteiger partial charge in [0.15, 0.2) is 5.69 Å². The fourth-order valence-electron chi connectivity index (χ4n) is 3.08. The molecule has 3 aromatic heterocycles. The molecule has 1 saturated heterocycles. The standard InChI is InChI=1S/C16H14ClN5O3S/c17-8-1-2-13-19-10(6-21(13)4-8)15(23)22-5-9(18)3-12(22)14-20-11(7-26-14)16(24)25/h1-2,4,6-7,9,12H,3,5,18H2,(H,24,25)/t9-,12+/m1/s1. The number of hydrogen-bond acceptors (Lipinski definition) is 6. The molecule has 10 heteroatoms. The zero-order valence-electron chi connectivity index (χ0n) is 13.4. The molecule has 1 aliphatic rings. The summed E-state index contributed by atoms with van der Waals surface area (Å²) in [6.45, 7) is 0.361. The van der Waals surface area contributed by atoms with Crippen molar-refractivity contribution in [1.82, 2.24) is 19.3 Å². The van der Waals surface area contributed by atoms with Crippen LogP contribution in [-0.4, -0.2) is 48.8 Å². The van der Waals surface area contributed by atoms with E-state index in [9.17, 15) is 9.59 Å². The lowest BCUT2D eigenvalue weighted by Gasteiger charge is -2.21. The predicted molar refractivity (Wildman–Crippen MR) is 95.6 cm³/mol. The molecule has 0 aromatic carbocycles. The topological polar surface area (TPSA) is 114 Å². The Labute approximate surface area is 156 Å². The Bertz CT molecular complexity index is 1020. The maximum absolute atomic E-state index is 13.0. The van der Waals surface area contributed by atoms with E-state index in [2.05, 4.69) is 9.97 Å². The second kappa shape index (κ2) is 6.35. The van der Waals surface area contributed by atoms with Gasteiger partial charge in [-0.25, -0.2) is 14.8 Å². The zero-order valence-corrected chi connectivity index (χ0v) is 14.9. The van der Waals surface area contributed by atoms with Gasteiger partial charge in [-0.05, 0) is 18.6 Å². The van der Waals surface area contributed by atoms with E-state index in [-0.39, 0.29) is 29.4 Å². The minimum atomic E-state index is -1.09. The first kappa shape index (κ1) is 17.0. The summed E-state index contributed by atoms with van der Waals surface area (Å²) in [6, 6.07) is 2.87. The van der Waals surface area contributed by atoms with Crippen LogP contribution < -0.4 is 5.73 Å². The van der Waals surface area contributed by atoms with Gasteiger partial charge in [-0.1, -0.05) is 11.6 Å². The highest BCUT2D eigenvalue weighted by Crippen LogP contribution is 2.34.